The van der Waals surface area contributed by atoms with E-state index in [4.69, 9.17) is 9.15 Å². The summed E-state index contributed by atoms with van der Waals surface area (Å²) in [5.41, 5.74) is 5.87. The third-order valence-electron chi connectivity index (χ3n) is 4.30. The molecule has 1 heterocycles. The third-order valence-corrected chi connectivity index (χ3v) is 4.30. The molecular formula is C22H23N3O2. The Morgan fingerprint density at radius 1 is 1.04 bits per heavy atom. The molecular weight excluding hydrogens is 338 g/mol. The molecule has 1 aromatic heterocycles. The van der Waals surface area contributed by atoms with E-state index in [1.54, 1.807) is 0 Å². The maximum absolute atomic E-state index is 9.32. The van der Waals surface area contributed by atoms with Crippen molar-refractivity contribution in [3.63, 3.8) is 0 Å². The highest BCUT2D eigenvalue weighted by molar-refractivity contribution is 5.46. The Balaban J connectivity index is 1.69. The van der Waals surface area contributed by atoms with Gasteiger partial charge >= 0.3 is 0 Å². The number of aryl methyl sites for hydroxylation is 4. The van der Waals surface area contributed by atoms with E-state index >= 15 is 0 Å². The van der Waals surface area contributed by atoms with E-state index in [2.05, 4.69) is 35.4 Å². The molecule has 138 valence electrons. The average Bonchev–Trinajstić information content (AvgIpc) is 3.02. The molecule has 0 aliphatic heterocycles. The van der Waals surface area contributed by atoms with E-state index in [-0.39, 0.29) is 12.3 Å². The number of nitriles is 1. The average molecular weight is 361 g/mol. The van der Waals surface area contributed by atoms with Crippen molar-refractivity contribution in [3.8, 4) is 11.8 Å². The Kier molecular flexibility index (Phi) is 5.46. The van der Waals surface area contributed by atoms with Gasteiger partial charge in [-0.25, -0.2) is 0 Å². The third kappa shape index (κ3) is 4.48. The lowest BCUT2D eigenvalue weighted by Gasteiger charge is -2.11. The Bertz CT molecular complexity index is 959. The van der Waals surface area contributed by atoms with Crippen LogP contribution in [0.2, 0.25) is 0 Å². The Morgan fingerprint density at radius 3 is 2.33 bits per heavy atom. The number of nitrogens with zero attached hydrogens (tertiary/aromatic N) is 2. The van der Waals surface area contributed by atoms with Crippen LogP contribution in [-0.2, 0) is 13.2 Å². The topological polar surface area (TPSA) is 71.1 Å². The van der Waals surface area contributed by atoms with Crippen molar-refractivity contribution in [3.05, 3.63) is 75.8 Å². The molecule has 0 spiro atoms. The molecule has 27 heavy (non-hydrogen) atoms. The predicted molar refractivity (Wildman–Crippen MR) is 105 cm³/mol. The van der Waals surface area contributed by atoms with Crippen LogP contribution < -0.4 is 10.1 Å². The van der Waals surface area contributed by atoms with E-state index in [9.17, 15) is 5.26 Å². The van der Waals surface area contributed by atoms with Gasteiger partial charge in [-0.05, 0) is 44.4 Å². The first-order valence-electron chi connectivity index (χ1n) is 8.86. The number of oxazole rings is 1. The number of hydrogen-bond donors (Lipinski definition) is 1. The molecule has 3 aromatic rings. The van der Waals surface area contributed by atoms with Crippen molar-refractivity contribution in [1.82, 2.24) is 4.98 Å². The summed E-state index contributed by atoms with van der Waals surface area (Å²) in [5.74, 6) is 1.57. The molecule has 0 aliphatic carbocycles. The van der Waals surface area contributed by atoms with Crippen molar-refractivity contribution in [2.45, 2.75) is 40.8 Å². The minimum atomic E-state index is 0.172. The van der Waals surface area contributed by atoms with Gasteiger partial charge in [0.1, 0.15) is 11.8 Å². The second-order valence-corrected chi connectivity index (χ2v) is 6.75. The molecule has 5 heteroatoms. The van der Waals surface area contributed by atoms with E-state index in [0.29, 0.717) is 18.3 Å². The normalized spacial score (nSPS) is 10.5. The lowest BCUT2D eigenvalue weighted by molar-refractivity contribution is 0.261. The van der Waals surface area contributed by atoms with Crippen LogP contribution in [0.5, 0.6) is 5.75 Å². The SMILES string of the molecule is Cc1ccc(CNc2oc(COc3c(C)cc(C)cc3C)nc2C#N)cc1. The minimum absolute atomic E-state index is 0.172. The van der Waals surface area contributed by atoms with Gasteiger partial charge in [0.25, 0.3) is 0 Å². The molecule has 0 saturated carbocycles. The summed E-state index contributed by atoms with van der Waals surface area (Å²) in [6.45, 7) is 8.86. The first-order chi connectivity index (χ1) is 13.0. The van der Waals surface area contributed by atoms with E-state index in [0.717, 1.165) is 22.4 Å². The molecule has 3 rings (SSSR count). The van der Waals surface area contributed by atoms with E-state index in [1.807, 2.05) is 45.0 Å². The second kappa shape index (κ2) is 7.96. The molecule has 5 nitrogen and oxygen atoms in total. The predicted octanol–water partition coefficient (Wildman–Crippen LogP) is 4.97. The van der Waals surface area contributed by atoms with Crippen LogP contribution in [0.15, 0.2) is 40.8 Å². The van der Waals surface area contributed by atoms with E-state index < -0.39 is 0 Å². The van der Waals surface area contributed by atoms with Crippen LogP contribution in [0.25, 0.3) is 0 Å². The van der Waals surface area contributed by atoms with Crippen LogP contribution in [0, 0.1) is 39.0 Å². The van der Waals surface area contributed by atoms with Gasteiger partial charge in [0.15, 0.2) is 6.61 Å². The van der Waals surface area contributed by atoms with Gasteiger partial charge in [-0.2, -0.15) is 10.2 Å². The summed E-state index contributed by atoms with van der Waals surface area (Å²) in [7, 11) is 0. The van der Waals surface area contributed by atoms with Gasteiger partial charge in [-0.15, -0.1) is 0 Å². The number of ether oxygens (including phenoxy) is 1. The molecule has 1 N–H and O–H groups in total. The summed E-state index contributed by atoms with van der Waals surface area (Å²) >= 11 is 0. The number of nitrogens with one attached hydrogen (secondary N) is 1. The first kappa shape index (κ1) is 18.5. The number of rotatable bonds is 6. The highest BCUT2D eigenvalue weighted by Gasteiger charge is 2.14. The molecule has 0 atom stereocenters. The monoisotopic (exact) mass is 361 g/mol. The Hall–Kier alpha value is -3.26. The van der Waals surface area contributed by atoms with E-state index in [1.165, 1.54) is 11.1 Å². The number of hydrogen-bond acceptors (Lipinski definition) is 5. The van der Waals surface area contributed by atoms with Crippen LogP contribution in [-0.4, -0.2) is 4.98 Å². The molecule has 0 saturated heterocycles. The van der Waals surface area contributed by atoms with Crippen molar-refractivity contribution in [1.29, 1.82) is 5.26 Å². The van der Waals surface area contributed by atoms with Gasteiger partial charge in [-0.1, -0.05) is 47.5 Å². The highest BCUT2D eigenvalue weighted by Crippen LogP contribution is 2.26. The first-order valence-corrected chi connectivity index (χ1v) is 8.86. The summed E-state index contributed by atoms with van der Waals surface area (Å²) in [4.78, 5) is 4.23. The number of anilines is 1. The highest BCUT2D eigenvalue weighted by atomic mass is 16.5. The molecule has 0 bridgehead atoms. The van der Waals surface area contributed by atoms with Gasteiger partial charge in [0.2, 0.25) is 17.5 Å². The zero-order chi connectivity index (χ0) is 19.4. The number of aromatic nitrogens is 1. The lowest BCUT2D eigenvalue weighted by atomic mass is 10.1. The summed E-state index contributed by atoms with van der Waals surface area (Å²) in [6.07, 6.45) is 0. The van der Waals surface area contributed by atoms with Gasteiger partial charge in [-0.3, -0.25) is 0 Å². The summed E-state index contributed by atoms with van der Waals surface area (Å²) in [6, 6.07) is 14.4. The molecule has 2 aromatic carbocycles. The van der Waals surface area contributed by atoms with Crippen molar-refractivity contribution in [2.75, 3.05) is 5.32 Å². The van der Waals surface area contributed by atoms with Gasteiger partial charge < -0.3 is 14.5 Å². The van der Waals surface area contributed by atoms with Gasteiger partial charge in [0.05, 0.1) is 0 Å². The van der Waals surface area contributed by atoms with Gasteiger partial charge in [0, 0.05) is 6.54 Å². The second-order valence-electron chi connectivity index (χ2n) is 6.75. The standard InChI is InChI=1S/C22H23N3O2/c1-14-5-7-18(8-6-14)12-24-22-19(11-23)25-20(27-22)13-26-21-16(3)9-15(2)10-17(21)4/h5-10,24H,12-13H2,1-4H3. The zero-order valence-electron chi connectivity index (χ0n) is 16.1. The van der Waals surface area contributed by atoms with Crippen molar-refractivity contribution >= 4 is 5.88 Å². The fraction of sp³-hybridized carbons (Fsp3) is 0.273. The van der Waals surface area contributed by atoms with Crippen LogP contribution in [0.4, 0.5) is 5.88 Å². The zero-order valence-corrected chi connectivity index (χ0v) is 16.1. The summed E-state index contributed by atoms with van der Waals surface area (Å²) < 4.78 is 11.6. The maximum Gasteiger partial charge on any atom is 0.236 e. The minimum Gasteiger partial charge on any atom is -0.483 e. The fourth-order valence-corrected chi connectivity index (χ4v) is 3.04. The van der Waals surface area contributed by atoms with Crippen LogP contribution in [0.3, 0.4) is 0 Å². The maximum atomic E-state index is 9.32. The fourth-order valence-electron chi connectivity index (χ4n) is 3.04. The molecule has 0 radical (unpaired) electrons. The molecule has 0 fully saturated rings. The smallest absolute Gasteiger partial charge is 0.236 e. The molecule has 0 unspecified atom stereocenters. The van der Waals surface area contributed by atoms with Crippen molar-refractivity contribution < 1.29 is 9.15 Å². The van der Waals surface area contributed by atoms with Crippen LogP contribution >= 0.6 is 0 Å². The number of benzene rings is 2. The molecule has 0 aliphatic rings. The Morgan fingerprint density at radius 2 is 1.70 bits per heavy atom. The Labute approximate surface area is 159 Å². The molecule has 0 amide bonds. The van der Waals surface area contributed by atoms with Crippen LogP contribution in [0.1, 0.15) is 39.4 Å². The summed E-state index contributed by atoms with van der Waals surface area (Å²) in [5, 5.41) is 12.5. The quantitative estimate of drug-likeness (QED) is 0.671. The lowest BCUT2D eigenvalue weighted by Crippen LogP contribution is -2.00. The largest absolute Gasteiger partial charge is 0.483 e. The van der Waals surface area contributed by atoms with Crippen molar-refractivity contribution in [2.24, 2.45) is 0 Å².